The Hall–Kier alpha value is -0.930. The molecule has 0 aliphatic carbocycles. The number of carbonyl (C=O) groups is 1. The number of nitrogens with zero attached hydrogens (tertiary/aromatic N) is 1. The molecule has 0 saturated heterocycles. The first-order valence-electron chi connectivity index (χ1n) is 8.90. The SMILES string of the molecule is CCCCCN(CCCCC)C(=O)C(C)Oc1ccc(Cl)cc1Cl. The maximum absolute atomic E-state index is 12.7. The van der Waals surface area contributed by atoms with Crippen LogP contribution in [0.2, 0.25) is 10.0 Å². The third-order valence-electron chi connectivity index (χ3n) is 3.92. The van der Waals surface area contributed by atoms with Crippen molar-refractivity contribution in [3.63, 3.8) is 0 Å². The van der Waals surface area contributed by atoms with Crippen molar-refractivity contribution in [3.8, 4) is 5.75 Å². The molecule has 1 unspecified atom stereocenters. The van der Waals surface area contributed by atoms with Gasteiger partial charge in [-0.1, -0.05) is 62.7 Å². The first kappa shape index (κ1) is 21.1. The zero-order chi connectivity index (χ0) is 17.9. The van der Waals surface area contributed by atoms with Gasteiger partial charge in [-0.25, -0.2) is 0 Å². The molecule has 0 aliphatic rings. The number of halogens is 2. The number of unbranched alkanes of at least 4 members (excludes halogenated alkanes) is 4. The fourth-order valence-electron chi connectivity index (χ4n) is 2.51. The Morgan fingerprint density at radius 1 is 1.08 bits per heavy atom. The van der Waals surface area contributed by atoms with Crippen molar-refractivity contribution in [1.82, 2.24) is 4.90 Å². The van der Waals surface area contributed by atoms with E-state index < -0.39 is 6.10 Å². The van der Waals surface area contributed by atoms with E-state index in [1.54, 1.807) is 25.1 Å². The Morgan fingerprint density at radius 2 is 1.67 bits per heavy atom. The van der Waals surface area contributed by atoms with Crippen molar-refractivity contribution in [2.24, 2.45) is 0 Å². The smallest absolute Gasteiger partial charge is 0.263 e. The topological polar surface area (TPSA) is 29.5 Å². The quantitative estimate of drug-likeness (QED) is 0.447. The van der Waals surface area contributed by atoms with Gasteiger partial charge >= 0.3 is 0 Å². The molecule has 1 aromatic rings. The van der Waals surface area contributed by atoms with E-state index in [1.807, 2.05) is 4.90 Å². The molecule has 1 aromatic carbocycles. The van der Waals surface area contributed by atoms with Crippen molar-refractivity contribution in [2.45, 2.75) is 65.4 Å². The van der Waals surface area contributed by atoms with Gasteiger partial charge in [-0.2, -0.15) is 0 Å². The van der Waals surface area contributed by atoms with Crippen LogP contribution in [0.25, 0.3) is 0 Å². The fourth-order valence-corrected chi connectivity index (χ4v) is 2.96. The van der Waals surface area contributed by atoms with E-state index in [0.717, 1.165) is 51.6 Å². The molecule has 0 saturated carbocycles. The second-order valence-electron chi connectivity index (χ2n) is 6.07. The molecule has 0 aliphatic heterocycles. The van der Waals surface area contributed by atoms with E-state index in [9.17, 15) is 4.79 Å². The minimum Gasteiger partial charge on any atom is -0.479 e. The monoisotopic (exact) mass is 373 g/mol. The number of carbonyl (C=O) groups excluding carboxylic acids is 1. The predicted molar refractivity (Wildman–Crippen MR) is 102 cm³/mol. The van der Waals surface area contributed by atoms with Gasteiger partial charge in [-0.05, 0) is 38.0 Å². The number of benzene rings is 1. The Morgan fingerprint density at radius 3 is 2.17 bits per heavy atom. The third kappa shape index (κ3) is 7.31. The second-order valence-corrected chi connectivity index (χ2v) is 6.92. The van der Waals surface area contributed by atoms with Crippen LogP contribution >= 0.6 is 23.2 Å². The fraction of sp³-hybridized carbons (Fsp3) is 0.632. The summed E-state index contributed by atoms with van der Waals surface area (Å²) >= 11 is 12.0. The Kier molecular flexibility index (Phi) is 10.2. The molecule has 3 nitrogen and oxygen atoms in total. The molecule has 5 heteroatoms. The summed E-state index contributed by atoms with van der Waals surface area (Å²) in [6.07, 6.45) is 6.05. The van der Waals surface area contributed by atoms with Gasteiger partial charge in [-0.15, -0.1) is 0 Å². The maximum Gasteiger partial charge on any atom is 0.263 e. The predicted octanol–water partition coefficient (Wildman–Crippen LogP) is 5.97. The van der Waals surface area contributed by atoms with E-state index in [2.05, 4.69) is 13.8 Å². The summed E-state index contributed by atoms with van der Waals surface area (Å²) in [5.41, 5.74) is 0. The largest absolute Gasteiger partial charge is 0.479 e. The molecular weight excluding hydrogens is 345 g/mol. The lowest BCUT2D eigenvalue weighted by Crippen LogP contribution is -2.41. The van der Waals surface area contributed by atoms with Crippen LogP contribution in [0.15, 0.2) is 18.2 Å². The molecule has 1 atom stereocenters. The van der Waals surface area contributed by atoms with Crippen molar-refractivity contribution in [1.29, 1.82) is 0 Å². The highest BCUT2D eigenvalue weighted by Gasteiger charge is 2.22. The lowest BCUT2D eigenvalue weighted by Gasteiger charge is -2.26. The highest BCUT2D eigenvalue weighted by molar-refractivity contribution is 6.35. The van der Waals surface area contributed by atoms with E-state index in [-0.39, 0.29) is 5.91 Å². The van der Waals surface area contributed by atoms with Crippen LogP contribution in [-0.4, -0.2) is 30.0 Å². The Bertz CT molecular complexity index is 498. The molecule has 0 aromatic heterocycles. The van der Waals surface area contributed by atoms with E-state index in [1.165, 1.54) is 0 Å². The Balaban J connectivity index is 2.67. The number of ether oxygens (including phenoxy) is 1. The maximum atomic E-state index is 12.7. The van der Waals surface area contributed by atoms with E-state index in [0.29, 0.717) is 15.8 Å². The van der Waals surface area contributed by atoms with Crippen LogP contribution in [0.3, 0.4) is 0 Å². The summed E-state index contributed by atoms with van der Waals surface area (Å²) in [4.78, 5) is 14.7. The van der Waals surface area contributed by atoms with Gasteiger partial charge in [0.05, 0.1) is 5.02 Å². The molecule has 0 heterocycles. The second kappa shape index (κ2) is 11.6. The van der Waals surface area contributed by atoms with Gasteiger partial charge in [-0.3, -0.25) is 4.79 Å². The molecule has 0 bridgehead atoms. The molecule has 24 heavy (non-hydrogen) atoms. The first-order chi connectivity index (χ1) is 11.5. The lowest BCUT2D eigenvalue weighted by atomic mass is 10.2. The molecule has 1 rings (SSSR count). The molecule has 0 spiro atoms. The summed E-state index contributed by atoms with van der Waals surface area (Å²) in [5, 5.41) is 0.970. The zero-order valence-corrected chi connectivity index (χ0v) is 16.5. The van der Waals surface area contributed by atoms with Gasteiger partial charge in [0.15, 0.2) is 6.10 Å². The third-order valence-corrected chi connectivity index (χ3v) is 4.45. The highest BCUT2D eigenvalue weighted by atomic mass is 35.5. The molecule has 136 valence electrons. The van der Waals surface area contributed by atoms with Crippen molar-refractivity contribution in [2.75, 3.05) is 13.1 Å². The number of hydrogen-bond acceptors (Lipinski definition) is 2. The van der Waals surface area contributed by atoms with E-state index in [4.69, 9.17) is 27.9 Å². The van der Waals surface area contributed by atoms with Crippen LogP contribution in [0, 0.1) is 0 Å². The highest BCUT2D eigenvalue weighted by Crippen LogP contribution is 2.28. The van der Waals surface area contributed by atoms with Crippen LogP contribution in [0.1, 0.15) is 59.3 Å². The summed E-state index contributed by atoms with van der Waals surface area (Å²) in [6, 6.07) is 5.03. The van der Waals surface area contributed by atoms with Crippen LogP contribution in [-0.2, 0) is 4.79 Å². The zero-order valence-electron chi connectivity index (χ0n) is 15.0. The minimum atomic E-state index is -0.563. The van der Waals surface area contributed by atoms with Crippen LogP contribution in [0.5, 0.6) is 5.75 Å². The summed E-state index contributed by atoms with van der Waals surface area (Å²) in [7, 11) is 0. The summed E-state index contributed by atoms with van der Waals surface area (Å²) in [6.45, 7) is 7.69. The molecular formula is C19H29Cl2NO2. The van der Waals surface area contributed by atoms with Crippen LogP contribution in [0.4, 0.5) is 0 Å². The average molecular weight is 374 g/mol. The van der Waals surface area contributed by atoms with Crippen LogP contribution < -0.4 is 4.74 Å². The standard InChI is InChI=1S/C19H29Cl2NO2/c1-4-6-8-12-22(13-9-7-5-2)19(23)15(3)24-18-11-10-16(20)14-17(18)21/h10-11,14-15H,4-9,12-13H2,1-3H3. The number of amides is 1. The minimum absolute atomic E-state index is 0.0215. The number of rotatable bonds is 11. The molecule has 0 fully saturated rings. The summed E-state index contributed by atoms with van der Waals surface area (Å²) in [5.74, 6) is 0.511. The van der Waals surface area contributed by atoms with Crippen molar-refractivity contribution in [3.05, 3.63) is 28.2 Å². The van der Waals surface area contributed by atoms with Gasteiger partial charge in [0.25, 0.3) is 5.91 Å². The number of hydrogen-bond donors (Lipinski definition) is 0. The molecule has 1 amide bonds. The lowest BCUT2D eigenvalue weighted by molar-refractivity contribution is -0.138. The van der Waals surface area contributed by atoms with E-state index >= 15 is 0 Å². The Labute approximate surface area is 156 Å². The molecule has 0 N–H and O–H groups in total. The van der Waals surface area contributed by atoms with Gasteiger partial charge < -0.3 is 9.64 Å². The normalized spacial score (nSPS) is 12.0. The van der Waals surface area contributed by atoms with Gasteiger partial charge in [0, 0.05) is 18.1 Å². The van der Waals surface area contributed by atoms with Gasteiger partial charge in [0.1, 0.15) is 5.75 Å². The first-order valence-corrected chi connectivity index (χ1v) is 9.65. The van der Waals surface area contributed by atoms with Crippen molar-refractivity contribution < 1.29 is 9.53 Å². The van der Waals surface area contributed by atoms with Gasteiger partial charge in [0.2, 0.25) is 0 Å². The average Bonchev–Trinajstić information content (AvgIpc) is 2.55. The summed E-state index contributed by atoms with van der Waals surface area (Å²) < 4.78 is 5.77. The molecule has 0 radical (unpaired) electrons. The van der Waals surface area contributed by atoms with Crippen molar-refractivity contribution >= 4 is 29.1 Å².